The third-order valence-corrected chi connectivity index (χ3v) is 3.65. The van der Waals surface area contributed by atoms with Crippen LogP contribution in [-0.2, 0) is 9.59 Å². The molecule has 0 aromatic heterocycles. The van der Waals surface area contributed by atoms with E-state index in [2.05, 4.69) is 11.6 Å². The average molecular weight is 289 g/mol. The monoisotopic (exact) mass is 289 g/mol. The number of nitrogens with one attached hydrogen (secondary N) is 1. The van der Waals surface area contributed by atoms with Crippen molar-refractivity contribution in [3.8, 4) is 0 Å². The second-order valence-electron chi connectivity index (χ2n) is 5.84. The zero-order chi connectivity index (χ0) is 14.9. The maximum absolute atomic E-state index is 11.9. The normalized spacial score (nSPS) is 13.1. The highest BCUT2D eigenvalue weighted by Crippen LogP contribution is 2.26. The summed E-state index contributed by atoms with van der Waals surface area (Å²) in [7, 11) is 0. The minimum absolute atomic E-state index is 0.371. The van der Waals surface area contributed by atoms with Crippen molar-refractivity contribution >= 4 is 23.6 Å². The van der Waals surface area contributed by atoms with Gasteiger partial charge in [0.1, 0.15) is 5.92 Å². The summed E-state index contributed by atoms with van der Waals surface area (Å²) in [6, 6.07) is 0. The van der Waals surface area contributed by atoms with Crippen molar-refractivity contribution in [3.63, 3.8) is 0 Å². The lowest BCUT2D eigenvalue weighted by Crippen LogP contribution is -2.43. The van der Waals surface area contributed by atoms with Gasteiger partial charge in [-0.15, -0.1) is 0 Å². The molecule has 4 nitrogen and oxygen atoms in total. The van der Waals surface area contributed by atoms with Gasteiger partial charge in [-0.1, -0.05) is 33.6 Å². The molecule has 0 radical (unpaired) electrons. The van der Waals surface area contributed by atoms with Gasteiger partial charge in [-0.3, -0.25) is 9.59 Å². The van der Waals surface area contributed by atoms with Gasteiger partial charge in [-0.05, 0) is 30.3 Å². The van der Waals surface area contributed by atoms with Crippen LogP contribution in [0.25, 0.3) is 0 Å². The van der Waals surface area contributed by atoms with Crippen LogP contribution in [0.2, 0.25) is 0 Å². The van der Waals surface area contributed by atoms with Crippen LogP contribution in [0.3, 0.4) is 0 Å². The van der Waals surface area contributed by atoms with E-state index in [-0.39, 0.29) is 5.91 Å². The van der Waals surface area contributed by atoms with E-state index >= 15 is 0 Å². The van der Waals surface area contributed by atoms with Crippen LogP contribution in [-0.4, -0.2) is 35.5 Å². The predicted octanol–water partition coefficient (Wildman–Crippen LogP) is 2.77. The third kappa shape index (κ3) is 8.14. The summed E-state index contributed by atoms with van der Waals surface area (Å²) in [5.74, 6) is -1.23. The predicted molar refractivity (Wildman–Crippen MR) is 80.4 cm³/mol. The van der Waals surface area contributed by atoms with E-state index in [1.165, 1.54) is 18.6 Å². The molecule has 5 heteroatoms. The number of carbonyl (C=O) groups excluding carboxylic acids is 1. The van der Waals surface area contributed by atoms with E-state index in [0.717, 1.165) is 12.8 Å². The van der Waals surface area contributed by atoms with E-state index in [1.807, 2.05) is 11.8 Å². The number of unbranched alkanes of at least 4 members (excludes halogenated alkanes) is 3. The molecule has 0 spiro atoms. The molecular weight excluding hydrogens is 262 g/mol. The quantitative estimate of drug-likeness (QED) is 0.506. The first-order valence-corrected chi connectivity index (χ1v) is 8.19. The minimum Gasteiger partial charge on any atom is -0.481 e. The van der Waals surface area contributed by atoms with E-state index in [4.69, 9.17) is 5.11 Å². The molecule has 0 aliphatic carbocycles. The van der Waals surface area contributed by atoms with E-state index in [0.29, 0.717) is 6.54 Å². The largest absolute Gasteiger partial charge is 0.481 e. The maximum atomic E-state index is 11.9. The number of hydrogen-bond acceptors (Lipinski definition) is 3. The molecule has 1 atom stereocenters. The molecule has 0 aromatic rings. The Balaban J connectivity index is 3.93. The fourth-order valence-electron chi connectivity index (χ4n) is 1.91. The molecule has 112 valence electrons. The van der Waals surface area contributed by atoms with Crippen molar-refractivity contribution in [2.75, 3.05) is 18.6 Å². The van der Waals surface area contributed by atoms with Gasteiger partial charge in [0.15, 0.2) is 0 Å². The highest BCUT2D eigenvalue weighted by molar-refractivity contribution is 7.98. The summed E-state index contributed by atoms with van der Waals surface area (Å²) in [6.45, 7) is 5.88. The van der Waals surface area contributed by atoms with Crippen LogP contribution in [0.1, 0.15) is 46.5 Å². The highest BCUT2D eigenvalue weighted by Gasteiger charge is 2.37. The molecule has 0 saturated heterocycles. The highest BCUT2D eigenvalue weighted by atomic mass is 32.2. The van der Waals surface area contributed by atoms with E-state index in [9.17, 15) is 9.59 Å². The standard InChI is InChI=1S/C14H27NO3S/c1-14(2,3)11(13(17)18)12(16)15-9-7-5-6-8-10-19-4/h11H,5-10H2,1-4H3,(H,15,16)(H,17,18). The van der Waals surface area contributed by atoms with Gasteiger partial charge < -0.3 is 10.4 Å². The SMILES string of the molecule is CSCCCCCCNC(=O)C(C(=O)O)C(C)(C)C. The van der Waals surface area contributed by atoms with Gasteiger partial charge in [-0.25, -0.2) is 0 Å². The molecule has 0 bridgehead atoms. The second kappa shape index (κ2) is 9.23. The Bertz CT molecular complexity index is 287. The lowest BCUT2D eigenvalue weighted by molar-refractivity contribution is -0.151. The number of aliphatic carboxylic acids is 1. The van der Waals surface area contributed by atoms with Gasteiger partial charge in [0.05, 0.1) is 0 Å². The number of carbonyl (C=O) groups is 2. The molecular formula is C14H27NO3S. The molecule has 1 unspecified atom stereocenters. The maximum Gasteiger partial charge on any atom is 0.316 e. The zero-order valence-electron chi connectivity index (χ0n) is 12.5. The fourth-order valence-corrected chi connectivity index (χ4v) is 2.41. The van der Waals surface area contributed by atoms with Gasteiger partial charge >= 0.3 is 5.97 Å². The lowest BCUT2D eigenvalue weighted by Gasteiger charge is -2.25. The molecule has 0 rings (SSSR count). The number of carboxylic acid groups (broad SMARTS) is 1. The van der Waals surface area contributed by atoms with Gasteiger partial charge in [0, 0.05) is 6.54 Å². The molecule has 2 N–H and O–H groups in total. The zero-order valence-corrected chi connectivity index (χ0v) is 13.3. The first kappa shape index (κ1) is 18.3. The van der Waals surface area contributed by atoms with Crippen molar-refractivity contribution in [2.24, 2.45) is 11.3 Å². The Morgan fingerprint density at radius 2 is 1.74 bits per heavy atom. The summed E-state index contributed by atoms with van der Waals surface area (Å²) in [5.41, 5.74) is -0.561. The number of amides is 1. The van der Waals surface area contributed by atoms with Crippen LogP contribution in [0.15, 0.2) is 0 Å². The van der Waals surface area contributed by atoms with Crippen LogP contribution < -0.4 is 5.32 Å². The van der Waals surface area contributed by atoms with Crippen LogP contribution >= 0.6 is 11.8 Å². The third-order valence-electron chi connectivity index (χ3n) is 2.95. The Morgan fingerprint density at radius 1 is 1.16 bits per heavy atom. The van der Waals surface area contributed by atoms with Crippen LogP contribution in [0.5, 0.6) is 0 Å². The Labute approximate surface area is 120 Å². The Kier molecular flexibility index (Phi) is 8.89. The van der Waals surface area contributed by atoms with Gasteiger partial charge in [-0.2, -0.15) is 11.8 Å². The van der Waals surface area contributed by atoms with E-state index in [1.54, 1.807) is 20.8 Å². The van der Waals surface area contributed by atoms with Crippen molar-refractivity contribution in [3.05, 3.63) is 0 Å². The average Bonchev–Trinajstić information content (AvgIpc) is 2.25. The molecule has 0 aromatic carbocycles. The number of hydrogen-bond donors (Lipinski definition) is 2. The smallest absolute Gasteiger partial charge is 0.316 e. The Morgan fingerprint density at radius 3 is 2.21 bits per heavy atom. The van der Waals surface area contributed by atoms with Crippen molar-refractivity contribution in [1.29, 1.82) is 0 Å². The lowest BCUT2D eigenvalue weighted by atomic mass is 9.80. The summed E-state index contributed by atoms with van der Waals surface area (Å²) in [6.07, 6.45) is 6.46. The molecule has 0 saturated carbocycles. The van der Waals surface area contributed by atoms with Crippen LogP contribution in [0, 0.1) is 11.3 Å². The van der Waals surface area contributed by atoms with E-state index < -0.39 is 17.3 Å². The van der Waals surface area contributed by atoms with Gasteiger partial charge in [0.2, 0.25) is 5.91 Å². The summed E-state index contributed by atoms with van der Waals surface area (Å²) in [4.78, 5) is 23.0. The number of carboxylic acids is 1. The molecule has 19 heavy (non-hydrogen) atoms. The van der Waals surface area contributed by atoms with Crippen LogP contribution in [0.4, 0.5) is 0 Å². The number of rotatable bonds is 9. The molecule has 0 fully saturated rings. The fraction of sp³-hybridized carbons (Fsp3) is 0.857. The first-order chi connectivity index (χ1) is 8.80. The Hall–Kier alpha value is -0.710. The molecule has 0 aliphatic heterocycles. The summed E-state index contributed by atoms with van der Waals surface area (Å²) in [5, 5.41) is 11.9. The van der Waals surface area contributed by atoms with Crippen molar-refractivity contribution in [2.45, 2.75) is 46.5 Å². The number of thioether (sulfide) groups is 1. The second-order valence-corrected chi connectivity index (χ2v) is 6.82. The molecule has 1 amide bonds. The minimum atomic E-state index is -1.05. The summed E-state index contributed by atoms with van der Waals surface area (Å²) >= 11 is 1.85. The topological polar surface area (TPSA) is 66.4 Å². The van der Waals surface area contributed by atoms with Crippen molar-refractivity contribution < 1.29 is 14.7 Å². The van der Waals surface area contributed by atoms with Crippen molar-refractivity contribution in [1.82, 2.24) is 5.32 Å². The summed E-state index contributed by atoms with van der Waals surface area (Å²) < 4.78 is 0. The van der Waals surface area contributed by atoms with Gasteiger partial charge in [0.25, 0.3) is 0 Å². The molecule has 0 aliphatic rings. The molecule has 0 heterocycles. The first-order valence-electron chi connectivity index (χ1n) is 6.80.